The van der Waals surface area contributed by atoms with Crippen LogP contribution >= 0.6 is 15.9 Å². The average molecular weight is 558 g/mol. The van der Waals surface area contributed by atoms with Crippen molar-refractivity contribution in [1.82, 2.24) is 5.43 Å². The molecular formula is C26H29BrN4O3S. The van der Waals surface area contributed by atoms with Crippen molar-refractivity contribution in [1.29, 1.82) is 0 Å². The van der Waals surface area contributed by atoms with Crippen LogP contribution in [0.15, 0.2) is 87.3 Å². The molecule has 1 N–H and O–H groups in total. The maximum Gasteiger partial charge on any atom is 0.264 e. The Hall–Kier alpha value is -3.17. The van der Waals surface area contributed by atoms with Crippen LogP contribution in [-0.2, 0) is 14.8 Å². The molecule has 3 rings (SSSR count). The maximum absolute atomic E-state index is 13.4. The summed E-state index contributed by atoms with van der Waals surface area (Å²) in [6.45, 7) is 3.70. The summed E-state index contributed by atoms with van der Waals surface area (Å²) in [6, 6.07) is 20.9. The number of carbonyl (C=O) groups excluding carboxylic acids is 1. The third-order valence-corrected chi connectivity index (χ3v) is 7.75. The Morgan fingerprint density at radius 3 is 2.26 bits per heavy atom. The van der Waals surface area contributed by atoms with E-state index in [1.165, 1.54) is 18.3 Å². The fourth-order valence-corrected chi connectivity index (χ4v) is 5.56. The molecule has 0 atom stereocenters. The minimum Gasteiger partial charge on any atom is -0.377 e. The fourth-order valence-electron chi connectivity index (χ4n) is 3.37. The molecule has 0 saturated heterocycles. The summed E-state index contributed by atoms with van der Waals surface area (Å²) < 4.78 is 28.8. The quantitative estimate of drug-likeness (QED) is 0.297. The van der Waals surface area contributed by atoms with Crippen molar-refractivity contribution in [3.63, 3.8) is 0 Å². The van der Waals surface area contributed by atoms with Gasteiger partial charge in [0, 0.05) is 18.6 Å². The molecule has 0 heterocycles. The first-order valence-corrected chi connectivity index (χ1v) is 13.3. The zero-order chi connectivity index (χ0) is 25.6. The summed E-state index contributed by atoms with van der Waals surface area (Å²) in [7, 11) is -0.0800. The molecule has 7 nitrogen and oxygen atoms in total. The van der Waals surface area contributed by atoms with Gasteiger partial charge in [-0.2, -0.15) is 5.10 Å². The molecule has 0 aliphatic carbocycles. The highest BCUT2D eigenvalue weighted by Gasteiger charge is 2.27. The van der Waals surface area contributed by atoms with Crippen LogP contribution in [0.25, 0.3) is 0 Å². The van der Waals surface area contributed by atoms with Gasteiger partial charge in [-0.3, -0.25) is 9.10 Å². The van der Waals surface area contributed by atoms with Gasteiger partial charge in [0.2, 0.25) is 0 Å². The molecule has 0 bridgehead atoms. The number of nitrogens with one attached hydrogen (secondary N) is 1. The number of carbonyl (C=O) groups is 1. The van der Waals surface area contributed by atoms with Gasteiger partial charge in [0.15, 0.2) is 0 Å². The van der Waals surface area contributed by atoms with E-state index in [0.717, 1.165) is 25.6 Å². The summed E-state index contributed by atoms with van der Waals surface area (Å²) in [5, 5.41) is 4.02. The lowest BCUT2D eigenvalue weighted by Crippen LogP contribution is -2.39. The predicted octanol–water partition coefficient (Wildman–Crippen LogP) is 4.98. The molecule has 35 heavy (non-hydrogen) atoms. The van der Waals surface area contributed by atoms with Gasteiger partial charge in [0.05, 0.1) is 22.5 Å². The molecule has 3 aromatic carbocycles. The lowest BCUT2D eigenvalue weighted by molar-refractivity contribution is -0.119. The SMILES string of the molecule is CC(C)c1ccc(N(CC(=O)NN=Cc2ccc(N(C)C)c(Br)c2)S(=O)(=O)c2ccccc2)cc1. The first-order valence-electron chi connectivity index (χ1n) is 11.1. The van der Waals surface area contributed by atoms with E-state index in [-0.39, 0.29) is 4.90 Å². The molecule has 1 amide bonds. The standard InChI is InChI=1S/C26H29BrN4O3S/c1-19(2)21-11-13-22(14-12-21)31(35(33,34)23-8-6-5-7-9-23)18-26(32)29-28-17-20-10-15-25(30(3)4)24(27)16-20/h5-17,19H,18H2,1-4H3,(H,29,32). The highest BCUT2D eigenvalue weighted by atomic mass is 79.9. The van der Waals surface area contributed by atoms with E-state index in [1.54, 1.807) is 30.3 Å². The van der Waals surface area contributed by atoms with E-state index in [9.17, 15) is 13.2 Å². The van der Waals surface area contributed by atoms with Crippen molar-refractivity contribution in [2.45, 2.75) is 24.7 Å². The molecule has 3 aromatic rings. The van der Waals surface area contributed by atoms with Crippen LogP contribution < -0.4 is 14.6 Å². The Labute approximate surface area is 215 Å². The summed E-state index contributed by atoms with van der Waals surface area (Å²) in [4.78, 5) is 14.8. The number of halogens is 1. The van der Waals surface area contributed by atoms with Gasteiger partial charge in [-0.15, -0.1) is 0 Å². The number of hydrogen-bond donors (Lipinski definition) is 1. The van der Waals surface area contributed by atoms with Crippen LogP contribution in [0.1, 0.15) is 30.9 Å². The second-order valence-corrected chi connectivity index (χ2v) is 11.2. The molecule has 184 valence electrons. The van der Waals surface area contributed by atoms with Crippen LogP contribution in [-0.4, -0.2) is 41.2 Å². The third kappa shape index (κ3) is 6.70. The Kier molecular flexibility index (Phi) is 8.69. The zero-order valence-corrected chi connectivity index (χ0v) is 22.5. The van der Waals surface area contributed by atoms with Crippen molar-refractivity contribution < 1.29 is 13.2 Å². The van der Waals surface area contributed by atoms with E-state index in [1.807, 2.05) is 49.3 Å². The normalized spacial score (nSPS) is 11.6. The number of anilines is 2. The summed E-state index contributed by atoms with van der Waals surface area (Å²) >= 11 is 3.52. The maximum atomic E-state index is 13.4. The third-order valence-electron chi connectivity index (χ3n) is 5.32. The second kappa shape index (κ2) is 11.5. The molecule has 0 fully saturated rings. The van der Waals surface area contributed by atoms with Gasteiger partial charge < -0.3 is 4.90 Å². The Bertz CT molecular complexity index is 1290. The van der Waals surface area contributed by atoms with E-state index >= 15 is 0 Å². The number of rotatable bonds is 9. The van der Waals surface area contributed by atoms with Crippen LogP contribution in [0.5, 0.6) is 0 Å². The van der Waals surface area contributed by atoms with Crippen LogP contribution in [0, 0.1) is 0 Å². The van der Waals surface area contributed by atoms with E-state index in [0.29, 0.717) is 11.6 Å². The summed E-state index contributed by atoms with van der Waals surface area (Å²) in [5.41, 5.74) is 5.71. The monoisotopic (exact) mass is 556 g/mol. The number of hydrazone groups is 1. The van der Waals surface area contributed by atoms with Gasteiger partial charge in [0.25, 0.3) is 15.9 Å². The van der Waals surface area contributed by atoms with Crippen molar-refractivity contribution >= 4 is 49.4 Å². The van der Waals surface area contributed by atoms with Crippen LogP contribution in [0.3, 0.4) is 0 Å². The molecule has 0 saturated carbocycles. The van der Waals surface area contributed by atoms with Crippen LogP contribution in [0.4, 0.5) is 11.4 Å². The largest absolute Gasteiger partial charge is 0.377 e. The smallest absolute Gasteiger partial charge is 0.264 e. The Morgan fingerprint density at radius 2 is 1.69 bits per heavy atom. The van der Waals surface area contributed by atoms with Crippen molar-refractivity contribution in [3.8, 4) is 0 Å². The van der Waals surface area contributed by atoms with Gasteiger partial charge >= 0.3 is 0 Å². The first-order chi connectivity index (χ1) is 16.6. The molecule has 0 radical (unpaired) electrons. The van der Waals surface area contributed by atoms with Gasteiger partial charge in [-0.25, -0.2) is 13.8 Å². The summed E-state index contributed by atoms with van der Waals surface area (Å²) in [6.07, 6.45) is 1.51. The molecule has 0 aliphatic rings. The summed E-state index contributed by atoms with van der Waals surface area (Å²) in [5.74, 6) is -0.259. The topological polar surface area (TPSA) is 82.1 Å². The van der Waals surface area contributed by atoms with E-state index in [2.05, 4.69) is 40.3 Å². The average Bonchev–Trinajstić information content (AvgIpc) is 2.83. The fraction of sp³-hybridized carbons (Fsp3) is 0.231. The lowest BCUT2D eigenvalue weighted by atomic mass is 10.0. The van der Waals surface area contributed by atoms with Gasteiger partial charge in [0.1, 0.15) is 6.54 Å². The molecular weight excluding hydrogens is 528 g/mol. The molecule has 0 unspecified atom stereocenters. The van der Waals surface area contributed by atoms with Crippen LogP contribution in [0.2, 0.25) is 0 Å². The van der Waals surface area contributed by atoms with Crippen molar-refractivity contribution in [3.05, 3.63) is 88.4 Å². The van der Waals surface area contributed by atoms with Gasteiger partial charge in [-0.1, -0.05) is 50.2 Å². The first kappa shape index (κ1) is 26.4. The lowest BCUT2D eigenvalue weighted by Gasteiger charge is -2.24. The zero-order valence-electron chi connectivity index (χ0n) is 20.1. The highest BCUT2D eigenvalue weighted by molar-refractivity contribution is 9.10. The van der Waals surface area contributed by atoms with E-state index < -0.39 is 22.5 Å². The number of hydrogen-bond acceptors (Lipinski definition) is 5. The Morgan fingerprint density at radius 1 is 1.03 bits per heavy atom. The minimum absolute atomic E-state index is 0.107. The molecule has 0 aliphatic heterocycles. The minimum atomic E-state index is -3.97. The molecule has 9 heteroatoms. The number of sulfonamides is 1. The highest BCUT2D eigenvalue weighted by Crippen LogP contribution is 2.26. The number of nitrogens with zero attached hydrogens (tertiary/aromatic N) is 3. The molecule has 0 aromatic heterocycles. The predicted molar refractivity (Wildman–Crippen MR) is 146 cm³/mol. The van der Waals surface area contributed by atoms with Crippen molar-refractivity contribution in [2.75, 3.05) is 29.8 Å². The second-order valence-electron chi connectivity index (χ2n) is 8.47. The number of benzene rings is 3. The number of amides is 1. The van der Waals surface area contributed by atoms with E-state index in [4.69, 9.17) is 0 Å². The van der Waals surface area contributed by atoms with Gasteiger partial charge in [-0.05, 0) is 69.4 Å². The molecule has 0 spiro atoms. The Balaban J connectivity index is 1.81. The van der Waals surface area contributed by atoms with Crippen molar-refractivity contribution in [2.24, 2.45) is 5.10 Å².